The highest BCUT2D eigenvalue weighted by Gasteiger charge is 2.26. The van der Waals surface area contributed by atoms with Crippen molar-refractivity contribution in [3.63, 3.8) is 0 Å². The lowest BCUT2D eigenvalue weighted by molar-refractivity contribution is 0.512. The first-order chi connectivity index (χ1) is 13.2. The van der Waals surface area contributed by atoms with Crippen LogP contribution < -0.4 is 0 Å². The van der Waals surface area contributed by atoms with E-state index in [2.05, 4.69) is 12.2 Å². The van der Waals surface area contributed by atoms with Gasteiger partial charge in [0.25, 0.3) is 0 Å². The van der Waals surface area contributed by atoms with E-state index in [1.165, 1.54) is 64.2 Å². The van der Waals surface area contributed by atoms with Crippen LogP contribution in [-0.4, -0.2) is 13.7 Å². The van der Waals surface area contributed by atoms with Gasteiger partial charge in [0.1, 0.15) is 0 Å². The predicted molar refractivity (Wildman–Crippen MR) is 116 cm³/mol. The van der Waals surface area contributed by atoms with Crippen LogP contribution in [-0.2, 0) is 9.84 Å². The molecule has 2 nitrogen and oxygen atoms in total. The topological polar surface area (TPSA) is 34.1 Å². The highest BCUT2D eigenvalue weighted by Crippen LogP contribution is 2.25. The minimum atomic E-state index is -3.20. The van der Waals surface area contributed by atoms with Crippen molar-refractivity contribution in [2.75, 3.05) is 0 Å². The standard InChI is InChI=1S/C24H38O2S/c25-27(26,24-21-17-14-18-22-24)23-19-15-12-10-8-6-4-2-1-3-5-7-9-11-13-16-20-23/h2,4,14,17-18,21-23H,1,3,5-13,15-16,19-20H2/b4-2+. The fourth-order valence-corrected chi connectivity index (χ4v) is 5.87. The van der Waals surface area contributed by atoms with Gasteiger partial charge in [0.15, 0.2) is 9.84 Å². The summed E-state index contributed by atoms with van der Waals surface area (Å²) in [7, 11) is -3.20. The van der Waals surface area contributed by atoms with Gasteiger partial charge in [-0.25, -0.2) is 8.42 Å². The third-order valence-electron chi connectivity index (χ3n) is 5.72. The second-order valence-electron chi connectivity index (χ2n) is 8.00. The molecule has 1 aliphatic rings. The SMILES string of the molecule is O=S(=O)(c1ccccc1)C1CCCCCC/C=C/CCCCCCCCC1. The third-order valence-corrected chi connectivity index (χ3v) is 8.00. The van der Waals surface area contributed by atoms with Gasteiger partial charge in [0.05, 0.1) is 10.1 Å². The molecule has 0 fully saturated rings. The van der Waals surface area contributed by atoms with Crippen LogP contribution in [0.25, 0.3) is 0 Å². The quantitative estimate of drug-likeness (QED) is 0.498. The monoisotopic (exact) mass is 390 g/mol. The van der Waals surface area contributed by atoms with Gasteiger partial charge in [-0.2, -0.15) is 0 Å². The molecule has 0 amide bonds. The molecule has 3 heteroatoms. The highest BCUT2D eigenvalue weighted by atomic mass is 32.2. The molecule has 0 aromatic heterocycles. The highest BCUT2D eigenvalue weighted by molar-refractivity contribution is 7.92. The van der Waals surface area contributed by atoms with Gasteiger partial charge >= 0.3 is 0 Å². The largest absolute Gasteiger partial charge is 0.223 e. The molecular formula is C24H38O2S. The van der Waals surface area contributed by atoms with Gasteiger partial charge in [0.2, 0.25) is 0 Å². The normalized spacial score (nSPS) is 23.8. The minimum Gasteiger partial charge on any atom is -0.223 e. The first-order valence-electron chi connectivity index (χ1n) is 11.2. The van der Waals surface area contributed by atoms with Crippen LogP contribution in [0.5, 0.6) is 0 Å². The van der Waals surface area contributed by atoms with Crippen molar-refractivity contribution in [2.45, 2.75) is 106 Å². The molecule has 1 aromatic carbocycles. The van der Waals surface area contributed by atoms with E-state index < -0.39 is 9.84 Å². The predicted octanol–water partition coefficient (Wildman–Crippen LogP) is 7.25. The van der Waals surface area contributed by atoms with Crippen LogP contribution in [0.4, 0.5) is 0 Å². The molecule has 27 heavy (non-hydrogen) atoms. The number of sulfone groups is 1. The van der Waals surface area contributed by atoms with Crippen LogP contribution in [0.15, 0.2) is 47.4 Å². The van der Waals surface area contributed by atoms with E-state index in [0.717, 1.165) is 32.1 Å². The summed E-state index contributed by atoms with van der Waals surface area (Å²) >= 11 is 0. The maximum atomic E-state index is 13.1. The van der Waals surface area contributed by atoms with Crippen LogP contribution in [0, 0.1) is 0 Å². The Bertz CT molecular complexity index is 619. The van der Waals surface area contributed by atoms with Crippen LogP contribution in [0.2, 0.25) is 0 Å². The molecule has 0 aliphatic heterocycles. The number of benzene rings is 1. The first kappa shape index (κ1) is 22.2. The van der Waals surface area contributed by atoms with Crippen molar-refractivity contribution in [2.24, 2.45) is 0 Å². The van der Waals surface area contributed by atoms with E-state index in [1.807, 2.05) is 18.2 Å². The molecule has 0 heterocycles. The van der Waals surface area contributed by atoms with Crippen molar-refractivity contribution in [3.8, 4) is 0 Å². The third kappa shape index (κ3) is 8.64. The summed E-state index contributed by atoms with van der Waals surface area (Å²) in [5.41, 5.74) is 0. The minimum absolute atomic E-state index is 0.210. The molecule has 0 bridgehead atoms. The van der Waals surface area contributed by atoms with E-state index in [4.69, 9.17) is 0 Å². The van der Waals surface area contributed by atoms with E-state index in [-0.39, 0.29) is 5.25 Å². The van der Waals surface area contributed by atoms with Crippen molar-refractivity contribution in [1.82, 2.24) is 0 Å². The summed E-state index contributed by atoms with van der Waals surface area (Å²) in [6.07, 6.45) is 22.1. The van der Waals surface area contributed by atoms with Gasteiger partial charge in [-0.1, -0.05) is 88.1 Å². The van der Waals surface area contributed by atoms with Crippen molar-refractivity contribution >= 4 is 9.84 Å². The average molecular weight is 391 g/mol. The Morgan fingerprint density at radius 1 is 0.593 bits per heavy atom. The van der Waals surface area contributed by atoms with Crippen molar-refractivity contribution in [1.29, 1.82) is 0 Å². The summed E-state index contributed by atoms with van der Waals surface area (Å²) in [6.45, 7) is 0. The lowest BCUT2D eigenvalue weighted by atomic mass is 10.0. The summed E-state index contributed by atoms with van der Waals surface area (Å²) < 4.78 is 26.2. The van der Waals surface area contributed by atoms with Gasteiger partial charge in [0, 0.05) is 0 Å². The van der Waals surface area contributed by atoms with Gasteiger partial charge in [-0.3, -0.25) is 0 Å². The van der Waals surface area contributed by atoms with Crippen molar-refractivity contribution < 1.29 is 8.42 Å². The van der Waals surface area contributed by atoms with Crippen LogP contribution >= 0.6 is 0 Å². The molecule has 0 spiro atoms. The molecule has 1 aliphatic carbocycles. The number of hydrogen-bond donors (Lipinski definition) is 0. The fourth-order valence-electron chi connectivity index (χ4n) is 4.00. The van der Waals surface area contributed by atoms with Gasteiger partial charge in [-0.15, -0.1) is 0 Å². The summed E-state index contributed by atoms with van der Waals surface area (Å²) in [6, 6.07) is 9.07. The van der Waals surface area contributed by atoms with Crippen molar-refractivity contribution in [3.05, 3.63) is 42.5 Å². The Labute approximate surface area is 167 Å². The Balaban J connectivity index is 1.94. The molecular weight excluding hydrogens is 352 g/mol. The molecule has 2 rings (SSSR count). The van der Waals surface area contributed by atoms with Gasteiger partial charge < -0.3 is 0 Å². The zero-order chi connectivity index (χ0) is 19.2. The number of hydrogen-bond acceptors (Lipinski definition) is 2. The molecule has 0 saturated carbocycles. The van der Waals surface area contributed by atoms with Crippen LogP contribution in [0.3, 0.4) is 0 Å². The number of allylic oxidation sites excluding steroid dienone is 2. The van der Waals surface area contributed by atoms with Crippen LogP contribution in [0.1, 0.15) is 96.3 Å². The second-order valence-corrected chi connectivity index (χ2v) is 10.2. The molecule has 0 saturated heterocycles. The van der Waals surface area contributed by atoms with E-state index in [1.54, 1.807) is 12.1 Å². The Morgan fingerprint density at radius 3 is 1.56 bits per heavy atom. The zero-order valence-electron chi connectivity index (χ0n) is 17.0. The summed E-state index contributed by atoms with van der Waals surface area (Å²) in [5.74, 6) is 0. The second kappa shape index (κ2) is 13.1. The smallest absolute Gasteiger partial charge is 0.181 e. The van der Waals surface area contributed by atoms with Gasteiger partial charge in [-0.05, 0) is 50.7 Å². The Hall–Kier alpha value is -1.09. The zero-order valence-corrected chi connectivity index (χ0v) is 17.8. The maximum absolute atomic E-state index is 13.1. The molecule has 1 aromatic rings. The Morgan fingerprint density at radius 2 is 1.04 bits per heavy atom. The number of rotatable bonds is 2. The van der Waals surface area contributed by atoms with E-state index in [0.29, 0.717) is 4.90 Å². The lowest BCUT2D eigenvalue weighted by Gasteiger charge is -2.18. The lowest BCUT2D eigenvalue weighted by Crippen LogP contribution is -2.21. The average Bonchev–Trinajstić information content (AvgIpc) is 2.68. The molecule has 152 valence electrons. The summed E-state index contributed by atoms with van der Waals surface area (Å²) in [4.78, 5) is 0.502. The molecule has 1 unspecified atom stereocenters. The molecule has 1 atom stereocenters. The summed E-state index contributed by atoms with van der Waals surface area (Å²) in [5, 5.41) is -0.210. The molecule has 0 radical (unpaired) electrons. The molecule has 0 N–H and O–H groups in total. The Kier molecular flexibility index (Phi) is 10.8. The first-order valence-corrected chi connectivity index (χ1v) is 12.7. The van der Waals surface area contributed by atoms with E-state index in [9.17, 15) is 8.42 Å². The fraction of sp³-hybridized carbons (Fsp3) is 0.667. The van der Waals surface area contributed by atoms with E-state index >= 15 is 0 Å². The maximum Gasteiger partial charge on any atom is 0.181 e.